The molecule has 0 amide bonds. The molecule has 0 radical (unpaired) electrons. The molecule has 0 atom stereocenters. The highest BCUT2D eigenvalue weighted by atomic mass is 32.1. The van der Waals surface area contributed by atoms with Crippen molar-refractivity contribution in [3.8, 4) is 0 Å². The van der Waals surface area contributed by atoms with Gasteiger partial charge in [0.25, 0.3) is 5.56 Å². The van der Waals surface area contributed by atoms with Crippen LogP contribution in [0, 0.1) is 13.8 Å². The van der Waals surface area contributed by atoms with Gasteiger partial charge < -0.3 is 24.4 Å². The summed E-state index contributed by atoms with van der Waals surface area (Å²) in [7, 11) is 1.68. The summed E-state index contributed by atoms with van der Waals surface area (Å²) >= 11 is 5.60. The maximum atomic E-state index is 12.7. The SMILES string of the molecule is COCCCNC(=S)N(Cc1ccco1)Cc1cc2cc(C)cc(C)c2[nH]c1=O. The van der Waals surface area contributed by atoms with E-state index in [-0.39, 0.29) is 5.56 Å². The molecule has 0 saturated heterocycles. The largest absolute Gasteiger partial charge is 0.467 e. The molecule has 1 aromatic carbocycles. The van der Waals surface area contributed by atoms with E-state index in [0.29, 0.717) is 36.9 Å². The van der Waals surface area contributed by atoms with Gasteiger partial charge in [0.15, 0.2) is 5.11 Å². The molecule has 0 aliphatic rings. The summed E-state index contributed by atoms with van der Waals surface area (Å²) in [4.78, 5) is 17.7. The van der Waals surface area contributed by atoms with Gasteiger partial charge in [0, 0.05) is 25.8 Å². The highest BCUT2D eigenvalue weighted by molar-refractivity contribution is 7.80. The maximum Gasteiger partial charge on any atom is 0.253 e. The first kappa shape index (κ1) is 21.1. The van der Waals surface area contributed by atoms with Crippen LogP contribution >= 0.6 is 12.2 Å². The van der Waals surface area contributed by atoms with Gasteiger partial charge in [-0.15, -0.1) is 0 Å². The Balaban J connectivity index is 1.85. The molecule has 7 heteroatoms. The highest BCUT2D eigenvalue weighted by Gasteiger charge is 2.15. The molecule has 2 N–H and O–H groups in total. The molecule has 0 saturated carbocycles. The number of thiocarbonyl (C=S) groups is 1. The lowest BCUT2D eigenvalue weighted by atomic mass is 10.1. The molecular weight excluding hydrogens is 386 g/mol. The van der Waals surface area contributed by atoms with E-state index < -0.39 is 0 Å². The average molecular weight is 414 g/mol. The number of furan rings is 1. The summed E-state index contributed by atoms with van der Waals surface area (Å²) in [5, 5.41) is 4.85. The molecule has 29 heavy (non-hydrogen) atoms. The van der Waals surface area contributed by atoms with E-state index in [9.17, 15) is 4.79 Å². The molecule has 3 aromatic rings. The number of aryl methyl sites for hydroxylation is 2. The number of nitrogens with one attached hydrogen (secondary N) is 2. The van der Waals surface area contributed by atoms with Crippen molar-refractivity contribution in [1.82, 2.24) is 15.2 Å². The maximum absolute atomic E-state index is 12.7. The summed E-state index contributed by atoms with van der Waals surface area (Å²) in [6.07, 6.45) is 2.48. The third-order valence-corrected chi connectivity index (χ3v) is 5.15. The number of aromatic nitrogens is 1. The molecule has 0 aliphatic carbocycles. The van der Waals surface area contributed by atoms with Gasteiger partial charge >= 0.3 is 0 Å². The van der Waals surface area contributed by atoms with Crippen LogP contribution in [-0.2, 0) is 17.8 Å². The van der Waals surface area contributed by atoms with Gasteiger partial charge in [-0.05, 0) is 67.7 Å². The Kier molecular flexibility index (Phi) is 7.06. The van der Waals surface area contributed by atoms with E-state index in [4.69, 9.17) is 21.4 Å². The third-order valence-electron chi connectivity index (χ3n) is 4.75. The van der Waals surface area contributed by atoms with Gasteiger partial charge in [0.2, 0.25) is 0 Å². The predicted molar refractivity (Wildman–Crippen MR) is 119 cm³/mol. The molecule has 0 spiro atoms. The number of rotatable bonds is 8. The Bertz CT molecular complexity index is 1030. The second kappa shape index (κ2) is 9.71. The van der Waals surface area contributed by atoms with Crippen LogP contribution in [0.1, 0.15) is 28.9 Å². The topological polar surface area (TPSA) is 70.5 Å². The molecule has 3 rings (SSSR count). The van der Waals surface area contributed by atoms with Crippen LogP contribution in [-0.4, -0.2) is 35.3 Å². The van der Waals surface area contributed by atoms with Crippen molar-refractivity contribution in [3.63, 3.8) is 0 Å². The lowest BCUT2D eigenvalue weighted by Gasteiger charge is -2.25. The van der Waals surface area contributed by atoms with Gasteiger partial charge in [-0.25, -0.2) is 0 Å². The first-order valence-corrected chi connectivity index (χ1v) is 10.1. The van der Waals surface area contributed by atoms with Crippen LogP contribution in [0.25, 0.3) is 10.9 Å². The summed E-state index contributed by atoms with van der Waals surface area (Å²) in [5.74, 6) is 0.787. The van der Waals surface area contributed by atoms with E-state index in [1.807, 2.05) is 30.0 Å². The molecule has 154 valence electrons. The summed E-state index contributed by atoms with van der Waals surface area (Å²) in [5.41, 5.74) is 3.66. The van der Waals surface area contributed by atoms with Crippen LogP contribution in [0.2, 0.25) is 0 Å². The standard InChI is InChI=1S/C22H27N3O3S/c1-15-10-16(2)20-17(11-15)12-18(21(26)24-20)13-25(14-19-6-4-9-28-19)22(29)23-7-5-8-27-3/h4,6,9-12H,5,7-8,13-14H2,1-3H3,(H,23,29)(H,24,26). The summed E-state index contributed by atoms with van der Waals surface area (Å²) < 4.78 is 10.6. The second-order valence-electron chi connectivity index (χ2n) is 7.18. The van der Waals surface area contributed by atoms with Crippen molar-refractivity contribution < 1.29 is 9.15 Å². The molecule has 2 heterocycles. The zero-order valence-corrected chi connectivity index (χ0v) is 17.9. The average Bonchev–Trinajstić information content (AvgIpc) is 3.19. The van der Waals surface area contributed by atoms with Crippen molar-refractivity contribution in [2.45, 2.75) is 33.4 Å². The van der Waals surface area contributed by atoms with Crippen LogP contribution in [0.5, 0.6) is 0 Å². The number of hydrogen-bond donors (Lipinski definition) is 2. The fraction of sp³-hybridized carbons (Fsp3) is 0.364. The van der Waals surface area contributed by atoms with E-state index >= 15 is 0 Å². The van der Waals surface area contributed by atoms with Crippen LogP contribution < -0.4 is 10.9 Å². The number of nitrogens with zero attached hydrogens (tertiary/aromatic N) is 1. The zero-order chi connectivity index (χ0) is 20.8. The molecule has 6 nitrogen and oxygen atoms in total. The third kappa shape index (κ3) is 5.46. The minimum atomic E-state index is -0.101. The van der Waals surface area contributed by atoms with Gasteiger partial charge in [-0.1, -0.05) is 11.6 Å². The molecule has 0 aliphatic heterocycles. The van der Waals surface area contributed by atoms with Crippen molar-refractivity contribution >= 4 is 28.2 Å². The van der Waals surface area contributed by atoms with E-state index in [2.05, 4.69) is 29.4 Å². The first-order chi connectivity index (χ1) is 14.0. The minimum Gasteiger partial charge on any atom is -0.467 e. The normalized spacial score (nSPS) is 11.0. The Labute approximate surface area is 175 Å². The Morgan fingerprint density at radius 2 is 2.10 bits per heavy atom. The number of ether oxygens (including phenoxy) is 1. The van der Waals surface area contributed by atoms with Crippen LogP contribution in [0.3, 0.4) is 0 Å². The van der Waals surface area contributed by atoms with Gasteiger partial charge in [0.1, 0.15) is 5.76 Å². The van der Waals surface area contributed by atoms with Gasteiger partial charge in [0.05, 0.1) is 24.9 Å². The van der Waals surface area contributed by atoms with E-state index in [1.54, 1.807) is 13.4 Å². The number of fused-ring (bicyclic) bond motifs is 1. The zero-order valence-electron chi connectivity index (χ0n) is 17.1. The first-order valence-electron chi connectivity index (χ1n) is 9.65. The quantitative estimate of drug-likeness (QED) is 0.434. The highest BCUT2D eigenvalue weighted by Crippen LogP contribution is 2.19. The number of benzene rings is 1. The second-order valence-corrected chi connectivity index (χ2v) is 7.57. The number of aromatic amines is 1. The molecular formula is C22H27N3O3S. The Hall–Kier alpha value is -2.64. The van der Waals surface area contributed by atoms with E-state index in [0.717, 1.165) is 34.2 Å². The Morgan fingerprint density at radius 3 is 2.83 bits per heavy atom. The number of H-pyrrole nitrogens is 1. The fourth-order valence-corrected chi connectivity index (χ4v) is 3.60. The molecule has 2 aromatic heterocycles. The van der Waals surface area contributed by atoms with Gasteiger partial charge in [-0.3, -0.25) is 4.79 Å². The van der Waals surface area contributed by atoms with Crippen molar-refractivity contribution in [2.24, 2.45) is 0 Å². The number of hydrogen-bond acceptors (Lipinski definition) is 4. The monoisotopic (exact) mass is 413 g/mol. The van der Waals surface area contributed by atoms with Crippen molar-refractivity contribution in [1.29, 1.82) is 0 Å². The fourth-order valence-electron chi connectivity index (χ4n) is 3.37. The molecule has 0 bridgehead atoms. The van der Waals surface area contributed by atoms with Gasteiger partial charge in [-0.2, -0.15) is 0 Å². The Morgan fingerprint density at radius 1 is 1.28 bits per heavy atom. The smallest absolute Gasteiger partial charge is 0.253 e. The summed E-state index contributed by atoms with van der Waals surface area (Å²) in [6, 6.07) is 9.85. The summed E-state index contributed by atoms with van der Waals surface area (Å²) in [6.45, 7) is 6.29. The lowest BCUT2D eigenvalue weighted by Crippen LogP contribution is -2.40. The lowest BCUT2D eigenvalue weighted by molar-refractivity contribution is 0.195. The van der Waals surface area contributed by atoms with Crippen LogP contribution in [0.4, 0.5) is 0 Å². The van der Waals surface area contributed by atoms with Crippen molar-refractivity contribution in [3.05, 3.63) is 69.4 Å². The van der Waals surface area contributed by atoms with Crippen molar-refractivity contribution in [2.75, 3.05) is 20.3 Å². The number of pyridine rings is 1. The minimum absolute atomic E-state index is 0.101. The molecule has 0 fully saturated rings. The predicted octanol–water partition coefficient (Wildman–Crippen LogP) is 3.65. The molecule has 0 unspecified atom stereocenters. The van der Waals surface area contributed by atoms with E-state index in [1.165, 1.54) is 0 Å². The van der Waals surface area contributed by atoms with Crippen LogP contribution in [0.15, 0.2) is 45.8 Å². The number of methoxy groups -OCH3 is 1.